The van der Waals surface area contributed by atoms with Crippen LogP contribution in [0.2, 0.25) is 0 Å². The molecule has 0 aliphatic rings. The Balaban J connectivity index is 2.85. The molecule has 1 aromatic carbocycles. The zero-order valence-electron chi connectivity index (χ0n) is 8.68. The van der Waals surface area contributed by atoms with Crippen LogP contribution in [0.3, 0.4) is 0 Å². The Morgan fingerprint density at radius 1 is 1.25 bits per heavy atom. The van der Waals surface area contributed by atoms with Crippen molar-refractivity contribution in [1.82, 2.24) is 0 Å². The van der Waals surface area contributed by atoms with Gasteiger partial charge < -0.3 is 4.74 Å². The zero-order valence-corrected chi connectivity index (χ0v) is 8.68. The Hall–Kier alpha value is -1.72. The highest BCUT2D eigenvalue weighted by molar-refractivity contribution is 5.85. The molecular weight excluding hydrogens is 223 g/mol. The minimum absolute atomic E-state index is 0.424. The van der Waals surface area contributed by atoms with Crippen LogP contribution in [-0.4, -0.2) is 12.2 Å². The topological polar surface area (TPSA) is 38.3 Å². The fourth-order valence-corrected chi connectivity index (χ4v) is 1.01. The maximum atomic E-state index is 13.1. The number of anilines is 1. The predicted octanol–water partition coefficient (Wildman–Crippen LogP) is 3.06. The first-order chi connectivity index (χ1) is 7.40. The number of carbonyl (C=O) groups is 1. The normalized spacial score (nSPS) is 10.4. The van der Waals surface area contributed by atoms with E-state index in [1.807, 2.05) is 5.32 Å². The summed E-state index contributed by atoms with van der Waals surface area (Å²) in [5.41, 5.74) is -0.730. The smallest absolute Gasteiger partial charge is 0.412 e. The SMILES string of the molecule is CC(C)OC(=O)Nc1c(F)cc(F)cc1F. The first kappa shape index (κ1) is 12.4. The van der Waals surface area contributed by atoms with Crippen molar-refractivity contribution in [1.29, 1.82) is 0 Å². The largest absolute Gasteiger partial charge is 0.447 e. The van der Waals surface area contributed by atoms with Crippen molar-refractivity contribution in [2.45, 2.75) is 20.0 Å². The van der Waals surface area contributed by atoms with Crippen LogP contribution in [0.15, 0.2) is 12.1 Å². The number of rotatable bonds is 2. The van der Waals surface area contributed by atoms with E-state index in [4.69, 9.17) is 0 Å². The van der Waals surface area contributed by atoms with Crippen LogP contribution in [0.25, 0.3) is 0 Å². The zero-order chi connectivity index (χ0) is 12.3. The second kappa shape index (κ2) is 4.87. The van der Waals surface area contributed by atoms with Gasteiger partial charge in [-0.25, -0.2) is 18.0 Å². The molecule has 88 valence electrons. The lowest BCUT2D eigenvalue weighted by Crippen LogP contribution is -2.19. The van der Waals surface area contributed by atoms with Crippen molar-refractivity contribution in [3.05, 3.63) is 29.6 Å². The third kappa shape index (κ3) is 3.15. The number of halogens is 3. The van der Waals surface area contributed by atoms with Gasteiger partial charge in [-0.1, -0.05) is 0 Å². The third-order valence-electron chi connectivity index (χ3n) is 1.58. The summed E-state index contributed by atoms with van der Waals surface area (Å²) < 4.78 is 43.3. The molecule has 0 heterocycles. The van der Waals surface area contributed by atoms with E-state index in [1.165, 1.54) is 0 Å². The van der Waals surface area contributed by atoms with Crippen molar-refractivity contribution >= 4 is 11.8 Å². The van der Waals surface area contributed by atoms with Gasteiger partial charge in [-0.2, -0.15) is 0 Å². The average molecular weight is 233 g/mol. The molecule has 0 aliphatic carbocycles. The van der Waals surface area contributed by atoms with Crippen LogP contribution in [-0.2, 0) is 4.74 Å². The van der Waals surface area contributed by atoms with Crippen LogP contribution in [0.5, 0.6) is 0 Å². The molecule has 0 unspecified atom stereocenters. The molecule has 1 rings (SSSR count). The van der Waals surface area contributed by atoms with Gasteiger partial charge >= 0.3 is 6.09 Å². The highest BCUT2D eigenvalue weighted by Gasteiger charge is 2.15. The molecule has 0 radical (unpaired) electrons. The van der Waals surface area contributed by atoms with E-state index in [9.17, 15) is 18.0 Å². The molecule has 6 heteroatoms. The molecule has 0 aromatic heterocycles. The fourth-order valence-electron chi connectivity index (χ4n) is 1.01. The van der Waals surface area contributed by atoms with E-state index in [0.29, 0.717) is 12.1 Å². The molecule has 0 saturated heterocycles. The van der Waals surface area contributed by atoms with Gasteiger partial charge in [0, 0.05) is 12.1 Å². The lowest BCUT2D eigenvalue weighted by molar-refractivity contribution is 0.129. The molecule has 0 fully saturated rings. The van der Waals surface area contributed by atoms with E-state index in [-0.39, 0.29) is 0 Å². The summed E-state index contributed by atoms with van der Waals surface area (Å²) in [6.45, 7) is 3.16. The molecule has 0 aliphatic heterocycles. The molecule has 0 bridgehead atoms. The first-order valence-corrected chi connectivity index (χ1v) is 4.52. The Morgan fingerprint density at radius 2 is 1.75 bits per heavy atom. The van der Waals surface area contributed by atoms with Gasteiger partial charge in [-0.15, -0.1) is 0 Å². The highest BCUT2D eigenvalue weighted by atomic mass is 19.1. The van der Waals surface area contributed by atoms with Crippen LogP contribution >= 0.6 is 0 Å². The third-order valence-corrected chi connectivity index (χ3v) is 1.58. The van der Waals surface area contributed by atoms with E-state index in [0.717, 1.165) is 0 Å². The van der Waals surface area contributed by atoms with Crippen molar-refractivity contribution in [3.63, 3.8) is 0 Å². The van der Waals surface area contributed by atoms with Gasteiger partial charge in [-0.3, -0.25) is 5.32 Å². The number of benzene rings is 1. The summed E-state index contributed by atoms with van der Waals surface area (Å²) in [5, 5.41) is 1.86. The number of nitrogens with one attached hydrogen (secondary N) is 1. The summed E-state index contributed by atoms with van der Waals surface area (Å²) in [7, 11) is 0. The Morgan fingerprint density at radius 3 is 2.19 bits per heavy atom. The fraction of sp³-hybridized carbons (Fsp3) is 0.300. The monoisotopic (exact) mass is 233 g/mol. The van der Waals surface area contributed by atoms with Crippen molar-refractivity contribution in [2.75, 3.05) is 5.32 Å². The van der Waals surface area contributed by atoms with Crippen molar-refractivity contribution in [3.8, 4) is 0 Å². The van der Waals surface area contributed by atoms with Gasteiger partial charge in [0.05, 0.1) is 6.10 Å². The molecule has 1 N–H and O–H groups in total. The molecule has 0 spiro atoms. The van der Waals surface area contributed by atoms with Crippen LogP contribution in [0.1, 0.15) is 13.8 Å². The number of hydrogen-bond acceptors (Lipinski definition) is 2. The van der Waals surface area contributed by atoms with E-state index >= 15 is 0 Å². The average Bonchev–Trinajstić information content (AvgIpc) is 2.09. The molecule has 1 amide bonds. The molecule has 0 saturated carbocycles. The van der Waals surface area contributed by atoms with Gasteiger partial charge in [0.15, 0.2) is 11.6 Å². The lowest BCUT2D eigenvalue weighted by atomic mass is 10.3. The highest BCUT2D eigenvalue weighted by Crippen LogP contribution is 2.20. The second-order valence-corrected chi connectivity index (χ2v) is 3.32. The van der Waals surface area contributed by atoms with E-state index < -0.39 is 35.3 Å². The van der Waals surface area contributed by atoms with Crippen LogP contribution in [0.4, 0.5) is 23.7 Å². The van der Waals surface area contributed by atoms with E-state index in [1.54, 1.807) is 13.8 Å². The number of hydrogen-bond donors (Lipinski definition) is 1. The summed E-state index contributed by atoms with van der Waals surface area (Å²) in [6, 6.07) is 0.933. The second-order valence-electron chi connectivity index (χ2n) is 3.32. The number of ether oxygens (including phenoxy) is 1. The maximum Gasteiger partial charge on any atom is 0.412 e. The minimum atomic E-state index is -1.20. The van der Waals surface area contributed by atoms with Gasteiger partial charge in [0.1, 0.15) is 11.5 Å². The maximum absolute atomic E-state index is 13.1. The lowest BCUT2D eigenvalue weighted by Gasteiger charge is -2.10. The van der Waals surface area contributed by atoms with Gasteiger partial charge in [0.25, 0.3) is 0 Å². The van der Waals surface area contributed by atoms with Gasteiger partial charge in [-0.05, 0) is 13.8 Å². The molecule has 16 heavy (non-hydrogen) atoms. The molecule has 0 atom stereocenters. The van der Waals surface area contributed by atoms with Crippen molar-refractivity contribution in [2.24, 2.45) is 0 Å². The summed E-state index contributed by atoms with van der Waals surface area (Å²) in [6.07, 6.45) is -1.43. The Bertz CT molecular complexity index is 384. The molecule has 3 nitrogen and oxygen atoms in total. The standard InChI is InChI=1S/C10H10F3NO2/c1-5(2)16-10(15)14-9-7(12)3-6(11)4-8(9)13/h3-5H,1-2H3,(H,14,15). The quantitative estimate of drug-likeness (QED) is 0.852. The molecule has 1 aromatic rings. The first-order valence-electron chi connectivity index (χ1n) is 4.52. The van der Waals surface area contributed by atoms with Crippen LogP contribution < -0.4 is 5.32 Å². The van der Waals surface area contributed by atoms with E-state index in [2.05, 4.69) is 4.74 Å². The summed E-state index contributed by atoms with van der Waals surface area (Å²) in [4.78, 5) is 11.1. The van der Waals surface area contributed by atoms with Crippen molar-refractivity contribution < 1.29 is 22.7 Å². The predicted molar refractivity (Wildman–Crippen MR) is 51.6 cm³/mol. The van der Waals surface area contributed by atoms with Crippen LogP contribution in [0, 0.1) is 17.5 Å². The molecular formula is C10H10F3NO2. The van der Waals surface area contributed by atoms with Gasteiger partial charge in [0.2, 0.25) is 0 Å². The summed E-state index contributed by atoms with van der Waals surface area (Å²) >= 11 is 0. The number of carbonyl (C=O) groups excluding carboxylic acids is 1. The Labute approximate surface area is 90.2 Å². The minimum Gasteiger partial charge on any atom is -0.447 e. The summed E-state index contributed by atoms with van der Waals surface area (Å²) in [5.74, 6) is -3.45. The number of amides is 1. The Kier molecular flexibility index (Phi) is 3.76.